The Hall–Kier alpha value is -2.24. The van der Waals surface area contributed by atoms with Crippen molar-refractivity contribution in [3.63, 3.8) is 0 Å². The topological polar surface area (TPSA) is 107 Å². The normalized spacial score (nSPS) is 12.2. The molecule has 0 bridgehead atoms. The second kappa shape index (κ2) is 5.39. The molecule has 98 valence electrons. The third kappa shape index (κ3) is 3.13. The largest absolute Gasteiger partial charge is 0.508 e. The van der Waals surface area contributed by atoms with Crippen molar-refractivity contribution in [2.45, 2.75) is 19.9 Å². The molecule has 6 heteroatoms. The van der Waals surface area contributed by atoms with Crippen molar-refractivity contribution < 1.29 is 24.9 Å². The van der Waals surface area contributed by atoms with E-state index in [-0.39, 0.29) is 23.0 Å². The van der Waals surface area contributed by atoms with Crippen LogP contribution in [0.1, 0.15) is 24.2 Å². The van der Waals surface area contributed by atoms with Crippen molar-refractivity contribution in [1.82, 2.24) is 5.32 Å². The smallest absolute Gasteiger partial charge is 0.326 e. The monoisotopic (exact) mass is 253 g/mol. The highest BCUT2D eigenvalue weighted by atomic mass is 16.4. The van der Waals surface area contributed by atoms with Gasteiger partial charge in [-0.15, -0.1) is 0 Å². The van der Waals surface area contributed by atoms with E-state index in [4.69, 9.17) is 5.11 Å². The number of phenols is 2. The Labute approximate surface area is 104 Å². The molecule has 6 nitrogen and oxygen atoms in total. The van der Waals surface area contributed by atoms with Crippen LogP contribution in [0.25, 0.3) is 0 Å². The quantitative estimate of drug-likeness (QED) is 0.597. The molecule has 0 fully saturated rings. The van der Waals surface area contributed by atoms with Crippen LogP contribution in [0.3, 0.4) is 0 Å². The van der Waals surface area contributed by atoms with Crippen LogP contribution in [0, 0.1) is 5.92 Å². The van der Waals surface area contributed by atoms with E-state index >= 15 is 0 Å². The Balaban J connectivity index is 2.94. The standard InChI is InChI=1S/C12H15NO5/c1-6(2)10(12(17)18)13-11(16)8-5-7(14)3-4-9(8)15/h3-6,10,14-15H,1-2H3,(H,13,16)(H,17,18)/t10-/m1/s1. The minimum Gasteiger partial charge on any atom is -0.508 e. The van der Waals surface area contributed by atoms with Crippen LogP contribution in [-0.2, 0) is 4.79 Å². The molecule has 4 N–H and O–H groups in total. The lowest BCUT2D eigenvalue weighted by atomic mass is 10.0. The third-order valence-electron chi connectivity index (χ3n) is 2.44. The van der Waals surface area contributed by atoms with Crippen LogP contribution in [0.2, 0.25) is 0 Å². The minimum atomic E-state index is -1.15. The fraction of sp³-hybridized carbons (Fsp3) is 0.333. The van der Waals surface area contributed by atoms with Gasteiger partial charge in [0, 0.05) is 0 Å². The molecule has 1 aromatic rings. The zero-order valence-corrected chi connectivity index (χ0v) is 10.0. The second-order valence-corrected chi connectivity index (χ2v) is 4.23. The van der Waals surface area contributed by atoms with E-state index < -0.39 is 17.9 Å². The third-order valence-corrected chi connectivity index (χ3v) is 2.44. The first kappa shape index (κ1) is 13.8. The first-order valence-electron chi connectivity index (χ1n) is 5.38. The molecule has 0 radical (unpaired) electrons. The van der Waals surface area contributed by atoms with Crippen molar-refractivity contribution in [1.29, 1.82) is 0 Å². The Morgan fingerprint density at radius 1 is 1.22 bits per heavy atom. The van der Waals surface area contributed by atoms with Gasteiger partial charge < -0.3 is 20.6 Å². The number of amides is 1. The maximum Gasteiger partial charge on any atom is 0.326 e. The summed E-state index contributed by atoms with van der Waals surface area (Å²) < 4.78 is 0. The molecule has 0 saturated heterocycles. The lowest BCUT2D eigenvalue weighted by Crippen LogP contribution is -2.44. The van der Waals surface area contributed by atoms with Crippen molar-refractivity contribution >= 4 is 11.9 Å². The Morgan fingerprint density at radius 3 is 2.33 bits per heavy atom. The molecule has 0 saturated carbocycles. The second-order valence-electron chi connectivity index (χ2n) is 4.23. The molecule has 1 rings (SSSR count). The van der Waals surface area contributed by atoms with E-state index in [1.807, 2.05) is 0 Å². The van der Waals surface area contributed by atoms with Gasteiger partial charge in [0.15, 0.2) is 0 Å². The predicted molar refractivity (Wildman–Crippen MR) is 63.5 cm³/mol. The maximum atomic E-state index is 11.8. The number of carbonyl (C=O) groups is 2. The number of hydrogen-bond donors (Lipinski definition) is 4. The molecule has 0 aliphatic heterocycles. The summed E-state index contributed by atoms with van der Waals surface area (Å²) in [6.07, 6.45) is 0. The Morgan fingerprint density at radius 2 is 1.83 bits per heavy atom. The summed E-state index contributed by atoms with van der Waals surface area (Å²) in [5.74, 6) is -2.71. The highest BCUT2D eigenvalue weighted by Crippen LogP contribution is 2.22. The van der Waals surface area contributed by atoms with Gasteiger partial charge in [-0.05, 0) is 24.1 Å². The van der Waals surface area contributed by atoms with Crippen molar-refractivity contribution in [3.05, 3.63) is 23.8 Å². The van der Waals surface area contributed by atoms with Crippen molar-refractivity contribution in [2.24, 2.45) is 5.92 Å². The number of hydrogen-bond acceptors (Lipinski definition) is 4. The first-order valence-corrected chi connectivity index (χ1v) is 5.38. The number of carboxylic acid groups (broad SMARTS) is 1. The Bertz CT molecular complexity index is 470. The van der Waals surface area contributed by atoms with Gasteiger partial charge in [-0.2, -0.15) is 0 Å². The summed E-state index contributed by atoms with van der Waals surface area (Å²) in [7, 11) is 0. The highest BCUT2D eigenvalue weighted by Gasteiger charge is 2.25. The summed E-state index contributed by atoms with van der Waals surface area (Å²) in [5, 5.41) is 29.9. The first-order chi connectivity index (χ1) is 8.32. The molecule has 1 atom stereocenters. The average Bonchev–Trinajstić information content (AvgIpc) is 2.28. The van der Waals surface area contributed by atoms with E-state index in [2.05, 4.69) is 5.32 Å². The van der Waals surface area contributed by atoms with Crippen LogP contribution >= 0.6 is 0 Å². The fourth-order valence-electron chi connectivity index (χ4n) is 1.44. The maximum absolute atomic E-state index is 11.8. The van der Waals surface area contributed by atoms with Gasteiger partial charge >= 0.3 is 5.97 Å². The van der Waals surface area contributed by atoms with E-state index in [1.165, 1.54) is 6.07 Å². The number of aliphatic carboxylic acids is 1. The molecule has 0 aliphatic rings. The number of benzene rings is 1. The number of carboxylic acids is 1. The van der Waals surface area contributed by atoms with Crippen LogP contribution in [0.5, 0.6) is 11.5 Å². The van der Waals surface area contributed by atoms with Crippen LogP contribution in [0.15, 0.2) is 18.2 Å². The van der Waals surface area contributed by atoms with E-state index in [9.17, 15) is 19.8 Å². The van der Waals surface area contributed by atoms with Gasteiger partial charge in [0.05, 0.1) is 5.56 Å². The van der Waals surface area contributed by atoms with Crippen LogP contribution < -0.4 is 5.32 Å². The van der Waals surface area contributed by atoms with Crippen molar-refractivity contribution in [2.75, 3.05) is 0 Å². The lowest BCUT2D eigenvalue weighted by molar-refractivity contribution is -0.140. The van der Waals surface area contributed by atoms with Crippen LogP contribution in [0.4, 0.5) is 0 Å². The van der Waals surface area contributed by atoms with Gasteiger partial charge in [0.25, 0.3) is 5.91 Å². The Kier molecular flexibility index (Phi) is 4.14. The molecule has 0 aliphatic carbocycles. The summed E-state index contributed by atoms with van der Waals surface area (Å²) >= 11 is 0. The highest BCUT2D eigenvalue weighted by molar-refractivity contribution is 5.99. The lowest BCUT2D eigenvalue weighted by Gasteiger charge is -2.18. The van der Waals surface area contributed by atoms with E-state index in [0.717, 1.165) is 12.1 Å². The summed E-state index contributed by atoms with van der Waals surface area (Å²) in [5.41, 5.74) is -0.165. The minimum absolute atomic E-state index is 0.165. The van der Waals surface area contributed by atoms with Crippen molar-refractivity contribution in [3.8, 4) is 11.5 Å². The molecule has 1 amide bonds. The summed E-state index contributed by atoms with van der Waals surface area (Å²) in [4.78, 5) is 22.7. The van der Waals surface area contributed by atoms with Gasteiger partial charge in [-0.25, -0.2) is 4.79 Å². The molecular formula is C12H15NO5. The number of nitrogens with one attached hydrogen (secondary N) is 1. The van der Waals surface area contributed by atoms with E-state index in [0.29, 0.717) is 0 Å². The molecule has 0 aromatic heterocycles. The molecule has 1 aromatic carbocycles. The number of rotatable bonds is 4. The number of aromatic hydroxyl groups is 2. The molecule has 0 heterocycles. The molecular weight excluding hydrogens is 238 g/mol. The van der Waals surface area contributed by atoms with Gasteiger partial charge in [-0.1, -0.05) is 13.8 Å². The molecule has 0 unspecified atom stereocenters. The molecule has 18 heavy (non-hydrogen) atoms. The summed E-state index contributed by atoms with van der Waals surface area (Å²) in [6, 6.07) is 2.40. The average molecular weight is 253 g/mol. The zero-order chi connectivity index (χ0) is 13.9. The number of phenolic OH excluding ortho intramolecular Hbond substituents is 2. The van der Waals surface area contributed by atoms with Gasteiger partial charge in [0.2, 0.25) is 0 Å². The van der Waals surface area contributed by atoms with Crippen LogP contribution in [-0.4, -0.2) is 33.2 Å². The SMILES string of the molecule is CC(C)[C@@H](NC(=O)c1cc(O)ccc1O)C(=O)O. The zero-order valence-electron chi connectivity index (χ0n) is 10.0. The van der Waals surface area contributed by atoms with Gasteiger partial charge in [-0.3, -0.25) is 4.79 Å². The fourth-order valence-corrected chi connectivity index (χ4v) is 1.44. The van der Waals surface area contributed by atoms with Gasteiger partial charge in [0.1, 0.15) is 17.5 Å². The predicted octanol–water partition coefficient (Wildman–Crippen LogP) is 0.937. The molecule has 0 spiro atoms. The number of carbonyl (C=O) groups excluding carboxylic acids is 1. The summed E-state index contributed by atoms with van der Waals surface area (Å²) in [6.45, 7) is 3.31. The van der Waals surface area contributed by atoms with E-state index in [1.54, 1.807) is 13.8 Å².